The zero-order valence-corrected chi connectivity index (χ0v) is 12.1. The Balaban J connectivity index is 1.72. The van der Waals surface area contributed by atoms with Crippen molar-refractivity contribution in [1.29, 1.82) is 0 Å². The molecule has 1 aliphatic carbocycles. The molecule has 0 radical (unpaired) electrons. The zero-order chi connectivity index (χ0) is 14.1. The van der Waals surface area contributed by atoms with Crippen molar-refractivity contribution in [2.75, 3.05) is 5.73 Å². The lowest BCUT2D eigenvalue weighted by atomic mass is 10.2. The smallest absolute Gasteiger partial charge is 0.243 e. The Bertz CT molecular complexity index is 540. The van der Waals surface area contributed by atoms with Crippen LogP contribution in [0.25, 0.3) is 0 Å². The van der Waals surface area contributed by atoms with Crippen molar-refractivity contribution in [2.24, 2.45) is 0 Å². The third-order valence-electron chi connectivity index (χ3n) is 3.97. The van der Waals surface area contributed by atoms with Crippen molar-refractivity contribution in [3.8, 4) is 0 Å². The van der Waals surface area contributed by atoms with Gasteiger partial charge in [0.05, 0.1) is 5.25 Å². The van der Waals surface area contributed by atoms with Crippen LogP contribution in [0, 0.1) is 0 Å². The average Bonchev–Trinajstić information content (AvgIpc) is 2.99. The number of anilines is 1. The van der Waals surface area contributed by atoms with Crippen LogP contribution in [-0.2, 0) is 9.59 Å². The summed E-state index contributed by atoms with van der Waals surface area (Å²) in [5.41, 5.74) is 6.43. The van der Waals surface area contributed by atoms with Gasteiger partial charge in [-0.1, -0.05) is 18.9 Å². The summed E-state index contributed by atoms with van der Waals surface area (Å²) < 4.78 is 0. The van der Waals surface area contributed by atoms with E-state index < -0.39 is 0 Å². The fourth-order valence-electron chi connectivity index (χ4n) is 3.01. The molecule has 0 spiro atoms. The van der Waals surface area contributed by atoms with E-state index in [1.54, 1.807) is 0 Å². The monoisotopic (exact) mass is 290 g/mol. The molecule has 1 atom stereocenters. The lowest BCUT2D eigenvalue weighted by Crippen LogP contribution is -2.39. The highest BCUT2D eigenvalue weighted by Crippen LogP contribution is 2.35. The van der Waals surface area contributed by atoms with E-state index in [0.717, 1.165) is 30.6 Å². The van der Waals surface area contributed by atoms with Gasteiger partial charge in [-0.25, -0.2) is 0 Å². The van der Waals surface area contributed by atoms with Gasteiger partial charge in [-0.2, -0.15) is 0 Å². The molecule has 0 bridgehead atoms. The summed E-state index contributed by atoms with van der Waals surface area (Å²) in [6.45, 7) is 0. The second-order valence-corrected chi connectivity index (χ2v) is 6.70. The molecule has 3 rings (SSSR count). The van der Waals surface area contributed by atoms with Crippen LogP contribution in [0.5, 0.6) is 0 Å². The predicted octanol–water partition coefficient (Wildman–Crippen LogP) is 2.43. The van der Waals surface area contributed by atoms with E-state index in [0.29, 0.717) is 12.1 Å². The first-order chi connectivity index (χ1) is 9.65. The summed E-state index contributed by atoms with van der Waals surface area (Å²) in [6, 6.07) is 7.60. The number of thioether (sulfide) groups is 1. The molecule has 1 aromatic rings. The van der Waals surface area contributed by atoms with E-state index in [1.807, 2.05) is 24.3 Å². The Kier molecular flexibility index (Phi) is 3.70. The number of rotatable bonds is 3. The summed E-state index contributed by atoms with van der Waals surface area (Å²) in [5.74, 6) is -0.0300. The highest BCUT2D eigenvalue weighted by molar-refractivity contribution is 8.00. The van der Waals surface area contributed by atoms with E-state index in [-0.39, 0.29) is 23.1 Å². The van der Waals surface area contributed by atoms with Gasteiger partial charge in [-0.05, 0) is 31.0 Å². The molecular weight excluding hydrogens is 272 g/mol. The number of imide groups is 1. The summed E-state index contributed by atoms with van der Waals surface area (Å²) in [6.07, 6.45) is 4.48. The number of carbonyl (C=O) groups excluding carboxylic acids is 2. The first-order valence-electron chi connectivity index (χ1n) is 7.03. The highest BCUT2D eigenvalue weighted by Gasteiger charge is 2.43. The van der Waals surface area contributed by atoms with Crippen LogP contribution >= 0.6 is 11.8 Å². The second kappa shape index (κ2) is 5.48. The molecule has 0 aromatic heterocycles. The summed E-state index contributed by atoms with van der Waals surface area (Å²) in [5, 5.41) is -0.287. The fourth-order valence-corrected chi connectivity index (χ4v) is 4.14. The maximum atomic E-state index is 12.4. The normalized spacial score (nSPS) is 23.8. The topological polar surface area (TPSA) is 63.4 Å². The van der Waals surface area contributed by atoms with Crippen LogP contribution in [0.3, 0.4) is 0 Å². The number of hydrogen-bond donors (Lipinski definition) is 1. The largest absolute Gasteiger partial charge is 0.399 e. The first kappa shape index (κ1) is 13.5. The maximum Gasteiger partial charge on any atom is 0.243 e. The molecule has 1 saturated heterocycles. The SMILES string of the molecule is Nc1cccc(SC2CC(=O)N(C3CCCC3)C2=O)c1. The number of carbonyl (C=O) groups is 2. The van der Waals surface area contributed by atoms with Crippen molar-refractivity contribution >= 4 is 29.3 Å². The number of benzene rings is 1. The molecule has 1 aliphatic heterocycles. The molecule has 2 amide bonds. The van der Waals surface area contributed by atoms with Gasteiger partial charge in [-0.3, -0.25) is 14.5 Å². The minimum atomic E-state index is -0.287. The van der Waals surface area contributed by atoms with Crippen molar-refractivity contribution < 1.29 is 9.59 Å². The van der Waals surface area contributed by atoms with Gasteiger partial charge in [0.2, 0.25) is 11.8 Å². The minimum Gasteiger partial charge on any atom is -0.399 e. The van der Waals surface area contributed by atoms with Crippen molar-refractivity contribution in [1.82, 2.24) is 4.90 Å². The lowest BCUT2D eigenvalue weighted by Gasteiger charge is -2.22. The standard InChI is InChI=1S/C15H18N2O2S/c16-10-4-3-7-12(8-10)20-13-9-14(18)17(15(13)19)11-5-1-2-6-11/h3-4,7-8,11,13H,1-2,5-6,9,16H2. The molecule has 5 heteroatoms. The Hall–Kier alpha value is -1.49. The van der Waals surface area contributed by atoms with Gasteiger partial charge in [0.1, 0.15) is 0 Å². The first-order valence-corrected chi connectivity index (χ1v) is 7.91. The molecule has 2 aliphatic rings. The molecular formula is C15H18N2O2S. The summed E-state index contributed by atoms with van der Waals surface area (Å²) >= 11 is 1.45. The Morgan fingerprint density at radius 1 is 1.20 bits per heavy atom. The lowest BCUT2D eigenvalue weighted by molar-refractivity contribution is -0.140. The third kappa shape index (κ3) is 2.54. The van der Waals surface area contributed by atoms with Crippen molar-refractivity contribution in [2.45, 2.75) is 48.3 Å². The minimum absolute atomic E-state index is 0.0108. The summed E-state index contributed by atoms with van der Waals surface area (Å²) in [4.78, 5) is 27.0. The number of likely N-dealkylation sites (tertiary alicyclic amines) is 1. The summed E-state index contributed by atoms with van der Waals surface area (Å²) in [7, 11) is 0. The van der Waals surface area contributed by atoms with Crippen LogP contribution in [0.4, 0.5) is 5.69 Å². The Morgan fingerprint density at radius 3 is 2.65 bits per heavy atom. The molecule has 106 valence electrons. The molecule has 2 N–H and O–H groups in total. The van der Waals surface area contributed by atoms with Gasteiger partial charge < -0.3 is 5.73 Å². The molecule has 20 heavy (non-hydrogen) atoms. The molecule has 1 heterocycles. The molecule has 4 nitrogen and oxygen atoms in total. The van der Waals surface area contributed by atoms with Crippen LogP contribution < -0.4 is 5.73 Å². The fraction of sp³-hybridized carbons (Fsp3) is 0.467. The van der Waals surface area contributed by atoms with Gasteiger partial charge in [-0.15, -0.1) is 11.8 Å². The van der Waals surface area contributed by atoms with Gasteiger partial charge >= 0.3 is 0 Å². The van der Waals surface area contributed by atoms with E-state index in [2.05, 4.69) is 0 Å². The van der Waals surface area contributed by atoms with E-state index >= 15 is 0 Å². The number of nitrogen functional groups attached to an aromatic ring is 1. The number of nitrogens with zero attached hydrogens (tertiary/aromatic N) is 1. The van der Waals surface area contributed by atoms with Crippen molar-refractivity contribution in [3.63, 3.8) is 0 Å². The molecule has 1 unspecified atom stereocenters. The van der Waals surface area contributed by atoms with E-state index in [9.17, 15) is 9.59 Å². The van der Waals surface area contributed by atoms with Crippen LogP contribution in [0.1, 0.15) is 32.1 Å². The predicted molar refractivity (Wildman–Crippen MR) is 79.2 cm³/mol. The van der Waals surface area contributed by atoms with Crippen LogP contribution in [0.15, 0.2) is 29.2 Å². The number of nitrogens with two attached hydrogens (primary N) is 1. The molecule has 1 saturated carbocycles. The van der Waals surface area contributed by atoms with E-state index in [1.165, 1.54) is 16.7 Å². The molecule has 2 fully saturated rings. The van der Waals surface area contributed by atoms with E-state index in [4.69, 9.17) is 5.73 Å². The number of hydrogen-bond acceptors (Lipinski definition) is 4. The van der Waals surface area contributed by atoms with Crippen LogP contribution in [0.2, 0.25) is 0 Å². The highest BCUT2D eigenvalue weighted by atomic mass is 32.2. The van der Waals surface area contributed by atoms with Gasteiger partial charge in [0, 0.05) is 23.0 Å². The zero-order valence-electron chi connectivity index (χ0n) is 11.2. The number of amides is 2. The third-order valence-corrected chi connectivity index (χ3v) is 5.15. The average molecular weight is 290 g/mol. The van der Waals surface area contributed by atoms with Crippen molar-refractivity contribution in [3.05, 3.63) is 24.3 Å². The maximum absolute atomic E-state index is 12.4. The molecule has 1 aromatic carbocycles. The second-order valence-electron chi connectivity index (χ2n) is 5.42. The Labute approximate surface area is 122 Å². The van der Waals surface area contributed by atoms with Crippen LogP contribution in [-0.4, -0.2) is 28.0 Å². The van der Waals surface area contributed by atoms with Gasteiger partial charge in [0.15, 0.2) is 0 Å². The quantitative estimate of drug-likeness (QED) is 0.686. The Morgan fingerprint density at radius 2 is 1.95 bits per heavy atom. The van der Waals surface area contributed by atoms with Gasteiger partial charge in [0.25, 0.3) is 0 Å².